The Bertz CT molecular complexity index is 898. The Morgan fingerprint density at radius 3 is 2.45 bits per heavy atom. The van der Waals surface area contributed by atoms with Crippen LogP contribution in [0.25, 0.3) is 0 Å². The topological polar surface area (TPSA) is 59.1 Å². The maximum absolute atomic E-state index is 13.2. The Hall–Kier alpha value is -2.51. The van der Waals surface area contributed by atoms with E-state index in [0.717, 1.165) is 28.6 Å². The van der Waals surface area contributed by atoms with Gasteiger partial charge in [0.1, 0.15) is 6.10 Å². The van der Waals surface area contributed by atoms with Gasteiger partial charge in [-0.15, -0.1) is 0 Å². The first-order chi connectivity index (χ1) is 14.0. The lowest BCUT2D eigenvalue weighted by atomic mass is 10.1. The van der Waals surface area contributed by atoms with Gasteiger partial charge in [-0.1, -0.05) is 37.7 Å². The van der Waals surface area contributed by atoms with Gasteiger partial charge in [0.15, 0.2) is 0 Å². The highest BCUT2D eigenvalue weighted by Crippen LogP contribution is 2.48. The van der Waals surface area contributed by atoms with E-state index in [2.05, 4.69) is 18.7 Å². The number of amides is 1. The van der Waals surface area contributed by atoms with Crippen molar-refractivity contribution in [3.8, 4) is 0 Å². The summed E-state index contributed by atoms with van der Waals surface area (Å²) in [7, 11) is 1.35. The van der Waals surface area contributed by atoms with Gasteiger partial charge >= 0.3 is 12.1 Å². The third-order valence-corrected chi connectivity index (χ3v) is 5.95. The number of hydrogen-bond donors (Lipinski definition) is 0. The number of para-hydroxylation sites is 1. The number of nitrogens with zero attached hydrogens (tertiary/aromatic N) is 2. The van der Waals surface area contributed by atoms with Crippen LogP contribution in [0.4, 0.5) is 16.2 Å². The molecule has 0 fully saturated rings. The third-order valence-electron chi connectivity index (χ3n) is 4.84. The van der Waals surface area contributed by atoms with E-state index in [1.165, 1.54) is 18.9 Å². The Balaban J connectivity index is 1.92. The first kappa shape index (κ1) is 21.2. The highest BCUT2D eigenvalue weighted by atomic mass is 32.2. The summed E-state index contributed by atoms with van der Waals surface area (Å²) < 4.78 is 10.6. The van der Waals surface area contributed by atoms with Crippen LogP contribution in [0.5, 0.6) is 0 Å². The maximum Gasteiger partial charge on any atom is 0.419 e. The first-order valence-electron chi connectivity index (χ1n) is 9.70. The molecule has 1 heterocycles. The molecule has 29 heavy (non-hydrogen) atoms. The van der Waals surface area contributed by atoms with E-state index in [9.17, 15) is 9.59 Å². The quantitative estimate of drug-likeness (QED) is 0.624. The van der Waals surface area contributed by atoms with Gasteiger partial charge in [-0.3, -0.25) is 0 Å². The van der Waals surface area contributed by atoms with E-state index in [-0.39, 0.29) is 6.10 Å². The van der Waals surface area contributed by atoms with E-state index in [0.29, 0.717) is 17.8 Å². The van der Waals surface area contributed by atoms with Gasteiger partial charge in [-0.2, -0.15) is 0 Å². The van der Waals surface area contributed by atoms with E-state index in [1.807, 2.05) is 31.2 Å². The van der Waals surface area contributed by atoms with E-state index < -0.39 is 12.1 Å². The lowest BCUT2D eigenvalue weighted by Crippen LogP contribution is -2.37. The molecule has 0 bridgehead atoms. The summed E-state index contributed by atoms with van der Waals surface area (Å²) in [6, 6.07) is 12.9. The number of carbonyl (C=O) groups excluding carboxylic acids is 2. The minimum atomic E-state index is -0.426. The van der Waals surface area contributed by atoms with E-state index in [4.69, 9.17) is 9.47 Å². The fourth-order valence-corrected chi connectivity index (χ4v) is 4.40. The van der Waals surface area contributed by atoms with Crippen LogP contribution >= 0.6 is 11.8 Å². The second kappa shape index (κ2) is 9.33. The van der Waals surface area contributed by atoms with Gasteiger partial charge < -0.3 is 14.4 Å². The molecule has 1 amide bonds. The Kier molecular flexibility index (Phi) is 6.82. The second-order valence-electron chi connectivity index (χ2n) is 6.76. The average Bonchev–Trinajstić information content (AvgIpc) is 2.74. The highest BCUT2D eigenvalue weighted by Gasteiger charge is 2.31. The molecule has 0 aliphatic carbocycles. The van der Waals surface area contributed by atoms with Crippen LogP contribution in [0, 0.1) is 0 Å². The minimum Gasteiger partial charge on any atom is -0.465 e. The molecule has 3 rings (SSSR count). The zero-order chi connectivity index (χ0) is 21.0. The molecule has 0 aromatic heterocycles. The van der Waals surface area contributed by atoms with Gasteiger partial charge in [0.2, 0.25) is 0 Å². The van der Waals surface area contributed by atoms with Crippen molar-refractivity contribution in [3.63, 3.8) is 0 Å². The van der Waals surface area contributed by atoms with Crippen molar-refractivity contribution >= 4 is 35.2 Å². The molecule has 6 nitrogen and oxygen atoms in total. The third kappa shape index (κ3) is 4.57. The summed E-state index contributed by atoms with van der Waals surface area (Å²) in [5, 5.41) is 0. The van der Waals surface area contributed by atoms with Gasteiger partial charge in [0, 0.05) is 16.3 Å². The molecule has 154 valence electrons. The SMILES string of the molecule is CCN(CC)CC(C)OC(=O)N1c2ccccc2Sc2cc(C(=O)OC)ccc21. The summed E-state index contributed by atoms with van der Waals surface area (Å²) in [6.07, 6.45) is -0.675. The number of rotatable bonds is 6. The van der Waals surface area contributed by atoms with Crippen molar-refractivity contribution in [2.24, 2.45) is 0 Å². The molecule has 1 aliphatic heterocycles. The molecule has 2 aromatic carbocycles. The largest absolute Gasteiger partial charge is 0.465 e. The molecule has 0 saturated carbocycles. The predicted octanol–water partition coefficient (Wildman–Crippen LogP) is 4.94. The molecular weight excluding hydrogens is 388 g/mol. The lowest BCUT2D eigenvalue weighted by Gasteiger charge is -2.32. The molecule has 1 atom stereocenters. The van der Waals surface area contributed by atoms with E-state index >= 15 is 0 Å². The van der Waals surface area contributed by atoms with Crippen LogP contribution in [0.3, 0.4) is 0 Å². The monoisotopic (exact) mass is 414 g/mol. The minimum absolute atomic E-state index is 0.248. The van der Waals surface area contributed by atoms with Crippen molar-refractivity contribution in [3.05, 3.63) is 48.0 Å². The van der Waals surface area contributed by atoms with Gasteiger partial charge in [-0.25, -0.2) is 14.5 Å². The Labute approximate surface area is 175 Å². The summed E-state index contributed by atoms with van der Waals surface area (Å²) >= 11 is 1.52. The summed E-state index contributed by atoms with van der Waals surface area (Å²) in [6.45, 7) is 8.57. The second-order valence-corrected chi connectivity index (χ2v) is 7.84. The van der Waals surface area contributed by atoms with Crippen molar-refractivity contribution < 1.29 is 19.1 Å². The van der Waals surface area contributed by atoms with Crippen molar-refractivity contribution in [1.29, 1.82) is 0 Å². The molecule has 1 aliphatic rings. The number of hydrogen-bond acceptors (Lipinski definition) is 6. The number of anilines is 2. The molecule has 1 unspecified atom stereocenters. The van der Waals surface area contributed by atoms with Crippen LogP contribution in [0.2, 0.25) is 0 Å². The molecule has 0 saturated heterocycles. The average molecular weight is 415 g/mol. The summed E-state index contributed by atoms with van der Waals surface area (Å²) in [5.41, 5.74) is 1.92. The summed E-state index contributed by atoms with van der Waals surface area (Å²) in [5.74, 6) is -0.408. The maximum atomic E-state index is 13.2. The van der Waals surface area contributed by atoms with Crippen LogP contribution in [-0.2, 0) is 9.47 Å². The van der Waals surface area contributed by atoms with Crippen molar-refractivity contribution in [2.75, 3.05) is 31.6 Å². The number of esters is 1. The van der Waals surface area contributed by atoms with Crippen molar-refractivity contribution in [1.82, 2.24) is 4.90 Å². The molecule has 7 heteroatoms. The fourth-order valence-electron chi connectivity index (χ4n) is 3.31. The van der Waals surface area contributed by atoms with Crippen LogP contribution in [0.15, 0.2) is 52.3 Å². The van der Waals surface area contributed by atoms with E-state index in [1.54, 1.807) is 23.1 Å². The standard InChI is InChI=1S/C22H26N2O4S/c1-5-23(6-2)14-15(3)28-22(26)24-17-9-7-8-10-19(17)29-20-13-16(21(25)27-4)11-12-18(20)24/h7-13,15H,5-6,14H2,1-4H3. The molecule has 0 spiro atoms. The lowest BCUT2D eigenvalue weighted by molar-refractivity contribution is 0.0600. The Morgan fingerprint density at radius 1 is 1.07 bits per heavy atom. The number of carbonyl (C=O) groups is 2. The fraction of sp³-hybridized carbons (Fsp3) is 0.364. The molecule has 0 radical (unpaired) electrons. The predicted molar refractivity (Wildman–Crippen MR) is 114 cm³/mol. The number of likely N-dealkylation sites (N-methyl/N-ethyl adjacent to an activating group) is 1. The molecule has 0 N–H and O–H groups in total. The normalized spacial score (nSPS) is 13.5. The van der Waals surface area contributed by atoms with Crippen LogP contribution in [-0.4, -0.2) is 49.8 Å². The zero-order valence-electron chi connectivity index (χ0n) is 17.2. The first-order valence-corrected chi connectivity index (χ1v) is 10.5. The number of methoxy groups -OCH3 is 1. The van der Waals surface area contributed by atoms with Crippen LogP contribution < -0.4 is 4.90 Å². The summed E-state index contributed by atoms with van der Waals surface area (Å²) in [4.78, 5) is 30.6. The van der Waals surface area contributed by atoms with Crippen molar-refractivity contribution in [2.45, 2.75) is 36.7 Å². The Morgan fingerprint density at radius 2 is 1.76 bits per heavy atom. The zero-order valence-corrected chi connectivity index (χ0v) is 18.0. The van der Waals surface area contributed by atoms with Gasteiger partial charge in [0.05, 0.1) is 24.0 Å². The molecule has 2 aromatic rings. The number of benzene rings is 2. The number of fused-ring (bicyclic) bond motifs is 2. The van der Waals surface area contributed by atoms with Crippen LogP contribution in [0.1, 0.15) is 31.1 Å². The molecular formula is C22H26N2O4S. The van der Waals surface area contributed by atoms with Gasteiger partial charge in [-0.05, 0) is 50.3 Å². The smallest absolute Gasteiger partial charge is 0.419 e. The number of ether oxygens (including phenoxy) is 2. The highest BCUT2D eigenvalue weighted by molar-refractivity contribution is 7.99. The van der Waals surface area contributed by atoms with Gasteiger partial charge in [0.25, 0.3) is 0 Å².